The van der Waals surface area contributed by atoms with E-state index in [2.05, 4.69) is 0 Å². The van der Waals surface area contributed by atoms with Gasteiger partial charge in [0.1, 0.15) is 0 Å². The van der Waals surface area contributed by atoms with Gasteiger partial charge < -0.3 is 15.1 Å². The minimum absolute atomic E-state index is 0.0797. The third kappa shape index (κ3) is 4.62. The molecule has 1 unspecified atom stereocenters. The average molecular weight is 418 g/mol. The molecule has 1 atom stereocenters. The standard InChI is InChI=1S/C26H27NO4/c28-24(22-12-11-20-8-4-5-9-21(20)18-22)27-16-14-26(31,15-17-27)23(25(29)30)13-10-19-6-2-1-3-7-19/h1-9,11-12,18,23,31H,10,13-17H2,(H,29,30). The molecule has 0 radical (unpaired) electrons. The lowest BCUT2D eigenvalue weighted by Gasteiger charge is -2.41. The molecule has 0 aliphatic carbocycles. The first-order chi connectivity index (χ1) is 15.0. The Kier molecular flexibility index (Phi) is 6.05. The van der Waals surface area contributed by atoms with Crippen LogP contribution in [0.3, 0.4) is 0 Å². The van der Waals surface area contributed by atoms with Gasteiger partial charge in [-0.1, -0.05) is 60.7 Å². The predicted octanol–water partition coefficient (Wildman–Crippen LogP) is 4.14. The highest BCUT2D eigenvalue weighted by atomic mass is 16.4. The summed E-state index contributed by atoms with van der Waals surface area (Å²) in [5, 5.41) is 23.0. The monoisotopic (exact) mass is 417 g/mol. The summed E-state index contributed by atoms with van der Waals surface area (Å²) in [5.41, 5.74) is 0.366. The highest BCUT2D eigenvalue weighted by Crippen LogP contribution is 2.34. The lowest BCUT2D eigenvalue weighted by atomic mass is 9.76. The second-order valence-electron chi connectivity index (χ2n) is 8.37. The molecule has 5 nitrogen and oxygen atoms in total. The molecule has 1 amide bonds. The molecule has 0 spiro atoms. The lowest BCUT2D eigenvalue weighted by molar-refractivity contribution is -0.156. The van der Waals surface area contributed by atoms with Crippen molar-refractivity contribution in [3.8, 4) is 0 Å². The Balaban J connectivity index is 1.42. The molecule has 1 aliphatic heterocycles. The second-order valence-corrected chi connectivity index (χ2v) is 8.37. The summed E-state index contributed by atoms with van der Waals surface area (Å²) >= 11 is 0. The molecular formula is C26H27NO4. The number of fused-ring (bicyclic) bond motifs is 1. The van der Waals surface area contributed by atoms with Crippen molar-refractivity contribution in [3.05, 3.63) is 83.9 Å². The number of aryl methyl sites for hydroxylation is 1. The van der Waals surface area contributed by atoms with Crippen LogP contribution in [0.5, 0.6) is 0 Å². The van der Waals surface area contributed by atoms with Crippen molar-refractivity contribution in [2.24, 2.45) is 5.92 Å². The fraction of sp³-hybridized carbons (Fsp3) is 0.308. The second kappa shape index (κ2) is 8.90. The Hall–Kier alpha value is -3.18. The van der Waals surface area contributed by atoms with Gasteiger partial charge in [0.05, 0.1) is 11.5 Å². The van der Waals surface area contributed by atoms with Crippen molar-refractivity contribution in [1.29, 1.82) is 0 Å². The maximum Gasteiger partial charge on any atom is 0.309 e. The fourth-order valence-corrected chi connectivity index (χ4v) is 4.53. The number of amides is 1. The van der Waals surface area contributed by atoms with Crippen molar-refractivity contribution in [3.63, 3.8) is 0 Å². The van der Waals surface area contributed by atoms with Crippen molar-refractivity contribution in [2.45, 2.75) is 31.3 Å². The van der Waals surface area contributed by atoms with Crippen molar-refractivity contribution in [1.82, 2.24) is 4.90 Å². The minimum atomic E-state index is -1.30. The number of aliphatic carboxylic acids is 1. The molecule has 2 N–H and O–H groups in total. The maximum atomic E-state index is 13.0. The number of rotatable bonds is 6. The fourth-order valence-electron chi connectivity index (χ4n) is 4.53. The van der Waals surface area contributed by atoms with Crippen LogP contribution in [0.1, 0.15) is 35.2 Å². The van der Waals surface area contributed by atoms with Crippen LogP contribution in [0, 0.1) is 5.92 Å². The first kappa shape index (κ1) is 21.1. The van der Waals surface area contributed by atoms with E-state index in [9.17, 15) is 19.8 Å². The van der Waals surface area contributed by atoms with E-state index >= 15 is 0 Å². The number of hydrogen-bond acceptors (Lipinski definition) is 3. The van der Waals surface area contributed by atoms with Crippen molar-refractivity contribution < 1.29 is 19.8 Å². The van der Waals surface area contributed by atoms with E-state index in [1.165, 1.54) is 0 Å². The Morgan fingerprint density at radius 2 is 1.55 bits per heavy atom. The van der Waals surface area contributed by atoms with Gasteiger partial charge in [-0.05, 0) is 54.2 Å². The molecule has 31 heavy (non-hydrogen) atoms. The summed E-state index contributed by atoms with van der Waals surface area (Å²) in [6.07, 6.45) is 1.49. The molecule has 4 rings (SSSR count). The maximum absolute atomic E-state index is 13.0. The van der Waals surface area contributed by atoms with E-state index < -0.39 is 17.5 Å². The van der Waals surface area contributed by atoms with Crippen LogP contribution in [0.4, 0.5) is 0 Å². The average Bonchev–Trinajstić information content (AvgIpc) is 2.79. The molecule has 3 aromatic carbocycles. The molecule has 5 heteroatoms. The number of carboxylic acid groups (broad SMARTS) is 1. The number of benzene rings is 3. The van der Waals surface area contributed by atoms with Crippen LogP contribution in [-0.4, -0.2) is 45.7 Å². The summed E-state index contributed by atoms with van der Waals surface area (Å²) in [5.74, 6) is -1.91. The molecular weight excluding hydrogens is 390 g/mol. The molecule has 0 aromatic heterocycles. The molecule has 160 valence electrons. The number of piperidine rings is 1. The molecule has 0 bridgehead atoms. The number of likely N-dealkylation sites (tertiary alicyclic amines) is 1. The van der Waals surface area contributed by atoms with Crippen LogP contribution in [0.25, 0.3) is 10.8 Å². The number of hydrogen-bond donors (Lipinski definition) is 2. The van der Waals surface area contributed by atoms with Gasteiger partial charge in [-0.3, -0.25) is 9.59 Å². The molecule has 1 fully saturated rings. The largest absolute Gasteiger partial charge is 0.481 e. The summed E-state index contributed by atoms with van der Waals surface area (Å²) in [4.78, 5) is 26.7. The topological polar surface area (TPSA) is 77.8 Å². The Morgan fingerprint density at radius 3 is 2.23 bits per heavy atom. The summed E-state index contributed by atoms with van der Waals surface area (Å²) in [6, 6.07) is 23.3. The van der Waals surface area contributed by atoms with Crippen LogP contribution in [0.15, 0.2) is 72.8 Å². The first-order valence-corrected chi connectivity index (χ1v) is 10.7. The SMILES string of the molecule is O=C(O)C(CCc1ccccc1)C1(O)CCN(C(=O)c2ccc3ccccc3c2)CC1. The van der Waals surface area contributed by atoms with E-state index in [-0.39, 0.29) is 18.7 Å². The van der Waals surface area contributed by atoms with Gasteiger partial charge in [0, 0.05) is 18.7 Å². The van der Waals surface area contributed by atoms with Gasteiger partial charge in [0.2, 0.25) is 0 Å². The predicted molar refractivity (Wildman–Crippen MR) is 120 cm³/mol. The van der Waals surface area contributed by atoms with Crippen LogP contribution < -0.4 is 0 Å². The zero-order valence-electron chi connectivity index (χ0n) is 17.4. The van der Waals surface area contributed by atoms with Gasteiger partial charge in [-0.25, -0.2) is 0 Å². The third-order valence-electron chi connectivity index (χ3n) is 6.42. The molecule has 1 heterocycles. The van der Waals surface area contributed by atoms with Gasteiger partial charge in [-0.15, -0.1) is 0 Å². The number of carbonyl (C=O) groups is 2. The van der Waals surface area contributed by atoms with E-state index in [1.807, 2.05) is 72.8 Å². The summed E-state index contributed by atoms with van der Waals surface area (Å²) < 4.78 is 0. The first-order valence-electron chi connectivity index (χ1n) is 10.7. The zero-order valence-corrected chi connectivity index (χ0v) is 17.4. The van der Waals surface area contributed by atoms with Crippen molar-refractivity contribution >= 4 is 22.6 Å². The smallest absolute Gasteiger partial charge is 0.309 e. The molecule has 1 aliphatic rings. The molecule has 0 saturated carbocycles. The highest BCUT2D eigenvalue weighted by molar-refractivity contribution is 5.98. The van der Waals surface area contributed by atoms with Crippen LogP contribution in [0.2, 0.25) is 0 Å². The molecule has 1 saturated heterocycles. The van der Waals surface area contributed by atoms with Gasteiger partial charge in [0.25, 0.3) is 5.91 Å². The van der Waals surface area contributed by atoms with Gasteiger partial charge in [0.15, 0.2) is 0 Å². The summed E-state index contributed by atoms with van der Waals surface area (Å²) in [7, 11) is 0. The normalized spacial score (nSPS) is 16.7. The third-order valence-corrected chi connectivity index (χ3v) is 6.42. The lowest BCUT2D eigenvalue weighted by Crippen LogP contribution is -2.52. The van der Waals surface area contributed by atoms with Gasteiger partial charge in [-0.2, -0.15) is 0 Å². The van der Waals surface area contributed by atoms with Gasteiger partial charge >= 0.3 is 5.97 Å². The highest BCUT2D eigenvalue weighted by Gasteiger charge is 2.44. The number of aliphatic hydroxyl groups is 1. The van der Waals surface area contributed by atoms with E-state index in [1.54, 1.807) is 4.90 Å². The quantitative estimate of drug-likeness (QED) is 0.632. The Morgan fingerprint density at radius 1 is 0.903 bits per heavy atom. The zero-order chi connectivity index (χ0) is 21.8. The summed E-state index contributed by atoms with van der Waals surface area (Å²) in [6.45, 7) is 0.689. The van der Waals surface area contributed by atoms with E-state index in [0.717, 1.165) is 16.3 Å². The minimum Gasteiger partial charge on any atom is -0.481 e. The van der Waals surface area contributed by atoms with Crippen LogP contribution in [-0.2, 0) is 11.2 Å². The number of carboxylic acids is 1. The van der Waals surface area contributed by atoms with Crippen molar-refractivity contribution in [2.75, 3.05) is 13.1 Å². The Bertz CT molecular complexity index is 1070. The van der Waals surface area contributed by atoms with Crippen LogP contribution >= 0.6 is 0 Å². The van der Waals surface area contributed by atoms with E-state index in [4.69, 9.17) is 0 Å². The molecule has 3 aromatic rings. The number of nitrogens with zero attached hydrogens (tertiary/aromatic N) is 1. The number of carbonyl (C=O) groups excluding carboxylic acids is 1. The Labute approximate surface area is 181 Å². The van der Waals surface area contributed by atoms with E-state index in [0.29, 0.717) is 31.5 Å².